The molecule has 2 aromatic carbocycles. The van der Waals surface area contributed by atoms with Gasteiger partial charge in [0.25, 0.3) is 5.91 Å². The largest absolute Gasteiger partial charge is 0.308 e. The van der Waals surface area contributed by atoms with Gasteiger partial charge in [-0.25, -0.2) is 4.39 Å². The topological polar surface area (TPSA) is 58.7 Å². The van der Waals surface area contributed by atoms with E-state index in [9.17, 15) is 9.18 Å². The summed E-state index contributed by atoms with van der Waals surface area (Å²) in [4.78, 5) is 18.7. The molecule has 0 saturated carbocycles. The molecule has 6 heteroatoms. The highest BCUT2D eigenvalue weighted by Gasteiger charge is 2.30. The van der Waals surface area contributed by atoms with Gasteiger partial charge in [-0.05, 0) is 24.5 Å². The third kappa shape index (κ3) is 3.07. The van der Waals surface area contributed by atoms with Crippen molar-refractivity contribution in [3.8, 4) is 0 Å². The molecule has 0 saturated heterocycles. The highest BCUT2D eigenvalue weighted by molar-refractivity contribution is 7.98. The van der Waals surface area contributed by atoms with Crippen LogP contribution in [0.4, 0.5) is 10.1 Å². The second-order valence-corrected chi connectivity index (χ2v) is 6.39. The third-order valence-corrected chi connectivity index (χ3v) is 4.48. The van der Waals surface area contributed by atoms with Crippen molar-refractivity contribution in [2.24, 2.45) is 10.7 Å². The second-order valence-electron chi connectivity index (χ2n) is 5.40. The molecule has 1 aliphatic rings. The summed E-state index contributed by atoms with van der Waals surface area (Å²) in [6, 6.07) is 13.8. The monoisotopic (exact) mass is 343 g/mol. The summed E-state index contributed by atoms with van der Waals surface area (Å²) in [6.45, 7) is 0.533. The van der Waals surface area contributed by atoms with Crippen LogP contribution in [-0.2, 0) is 4.79 Å². The van der Waals surface area contributed by atoms with Gasteiger partial charge >= 0.3 is 0 Å². The van der Waals surface area contributed by atoms with Gasteiger partial charge in [-0.1, -0.05) is 30.3 Å². The van der Waals surface area contributed by atoms with E-state index >= 15 is 0 Å². The zero-order valence-corrected chi connectivity index (χ0v) is 14.1. The van der Waals surface area contributed by atoms with Crippen molar-refractivity contribution < 1.29 is 9.18 Å². The third-order valence-electron chi connectivity index (χ3n) is 3.89. The van der Waals surface area contributed by atoms with Gasteiger partial charge in [-0.2, -0.15) is 11.8 Å². The fourth-order valence-electron chi connectivity index (χ4n) is 2.73. The van der Waals surface area contributed by atoms with E-state index in [0.717, 1.165) is 5.75 Å². The normalized spacial score (nSPS) is 17.3. The van der Waals surface area contributed by atoms with E-state index in [1.165, 1.54) is 6.07 Å². The molecule has 2 aromatic rings. The summed E-state index contributed by atoms with van der Waals surface area (Å²) in [6.07, 6.45) is 0.934. The zero-order chi connectivity index (χ0) is 17.1. The number of halogens is 1. The number of benzene rings is 2. The molecule has 0 aromatic heterocycles. The van der Waals surface area contributed by atoms with E-state index in [4.69, 9.17) is 5.73 Å². The first-order valence-corrected chi connectivity index (χ1v) is 9.01. The molecule has 1 atom stereocenters. The number of anilines is 1. The Morgan fingerprint density at radius 3 is 2.54 bits per heavy atom. The number of hydrogen-bond donors (Lipinski definition) is 1. The number of benzodiazepines with no additional fused rings is 1. The number of aliphatic imine (C=N–C) groups is 1. The van der Waals surface area contributed by atoms with Crippen molar-refractivity contribution in [2.75, 3.05) is 23.5 Å². The Kier molecular flexibility index (Phi) is 4.97. The fourth-order valence-corrected chi connectivity index (χ4v) is 3.10. The molecule has 1 amide bonds. The molecule has 1 unspecified atom stereocenters. The predicted octanol–water partition coefficient (Wildman–Crippen LogP) is 2.66. The Labute approximate surface area is 144 Å². The maximum Gasteiger partial charge on any atom is 0.266 e. The van der Waals surface area contributed by atoms with Crippen LogP contribution in [0.3, 0.4) is 0 Å². The molecular weight excluding hydrogens is 325 g/mol. The lowest BCUT2D eigenvalue weighted by Crippen LogP contribution is -2.43. The molecule has 0 aliphatic carbocycles. The van der Waals surface area contributed by atoms with Gasteiger partial charge in [0.2, 0.25) is 0 Å². The summed E-state index contributed by atoms with van der Waals surface area (Å²) in [7, 11) is 0. The van der Waals surface area contributed by atoms with Crippen molar-refractivity contribution in [1.82, 2.24) is 0 Å². The number of thioether (sulfide) groups is 1. The molecule has 24 heavy (non-hydrogen) atoms. The van der Waals surface area contributed by atoms with Crippen LogP contribution in [0.15, 0.2) is 53.5 Å². The fraction of sp³-hybridized carbons (Fsp3) is 0.222. The molecule has 1 heterocycles. The number of rotatable bonds is 4. The molecule has 2 N–H and O–H groups in total. The number of carbonyl (C=O) groups excluding carboxylic acids is 1. The Hall–Kier alpha value is -2.18. The van der Waals surface area contributed by atoms with Gasteiger partial charge < -0.3 is 10.6 Å². The van der Waals surface area contributed by atoms with Gasteiger partial charge in [0.15, 0.2) is 6.17 Å². The minimum absolute atomic E-state index is 0.275. The number of para-hydroxylation sites is 1. The highest BCUT2D eigenvalue weighted by Crippen LogP contribution is 2.28. The number of nitrogens with two attached hydrogens (primary N) is 1. The first-order valence-electron chi connectivity index (χ1n) is 7.61. The smallest absolute Gasteiger partial charge is 0.266 e. The maximum atomic E-state index is 14.3. The van der Waals surface area contributed by atoms with Crippen LogP contribution in [0.25, 0.3) is 0 Å². The Bertz CT molecular complexity index is 793. The van der Waals surface area contributed by atoms with Crippen molar-refractivity contribution in [3.63, 3.8) is 0 Å². The van der Waals surface area contributed by atoms with Gasteiger partial charge in [0.1, 0.15) is 5.82 Å². The maximum absolute atomic E-state index is 14.3. The molecule has 1 aliphatic heterocycles. The lowest BCUT2D eigenvalue weighted by atomic mass is 10.00. The Morgan fingerprint density at radius 1 is 1.17 bits per heavy atom. The average Bonchev–Trinajstić information content (AvgIpc) is 2.70. The van der Waals surface area contributed by atoms with E-state index in [2.05, 4.69) is 4.99 Å². The Balaban J connectivity index is 2.17. The van der Waals surface area contributed by atoms with Crippen molar-refractivity contribution in [2.45, 2.75) is 6.17 Å². The minimum atomic E-state index is -1.05. The van der Waals surface area contributed by atoms with Crippen LogP contribution in [0, 0.1) is 5.82 Å². The van der Waals surface area contributed by atoms with Crippen molar-refractivity contribution in [1.29, 1.82) is 0 Å². The highest BCUT2D eigenvalue weighted by atomic mass is 32.2. The predicted molar refractivity (Wildman–Crippen MR) is 97.2 cm³/mol. The second kappa shape index (κ2) is 7.15. The van der Waals surface area contributed by atoms with E-state index in [0.29, 0.717) is 29.1 Å². The average molecular weight is 343 g/mol. The number of nitrogens with zero attached hydrogens (tertiary/aromatic N) is 2. The van der Waals surface area contributed by atoms with Gasteiger partial charge in [0, 0.05) is 23.4 Å². The number of fused-ring (bicyclic) bond motifs is 1. The van der Waals surface area contributed by atoms with Crippen molar-refractivity contribution >= 4 is 29.1 Å². The summed E-state index contributed by atoms with van der Waals surface area (Å²) in [5.74, 6) is 0.119. The summed E-state index contributed by atoms with van der Waals surface area (Å²) in [5.41, 5.74) is 8.18. The van der Waals surface area contributed by atoms with E-state index < -0.39 is 6.17 Å². The molecule has 0 spiro atoms. The summed E-state index contributed by atoms with van der Waals surface area (Å²) < 4.78 is 14.3. The first-order chi connectivity index (χ1) is 11.6. The van der Waals surface area contributed by atoms with Crippen LogP contribution < -0.4 is 10.6 Å². The van der Waals surface area contributed by atoms with Gasteiger partial charge in [0.05, 0.1) is 11.4 Å². The summed E-state index contributed by atoms with van der Waals surface area (Å²) in [5, 5.41) is 0. The first kappa shape index (κ1) is 16.7. The molecule has 124 valence electrons. The lowest BCUT2D eigenvalue weighted by Gasteiger charge is -2.23. The van der Waals surface area contributed by atoms with Crippen LogP contribution >= 0.6 is 11.8 Å². The molecule has 0 fully saturated rings. The van der Waals surface area contributed by atoms with E-state index in [1.807, 2.05) is 30.5 Å². The molecule has 4 nitrogen and oxygen atoms in total. The van der Waals surface area contributed by atoms with Crippen molar-refractivity contribution in [3.05, 3.63) is 65.5 Å². The standard InChI is InChI=1S/C18H18FN3OS/c1-24-11-10-22-15-9-5-3-7-13(15)16(21-17(20)18(22)23)12-6-2-4-8-14(12)19/h2-9,17H,10-11,20H2,1H3. The van der Waals surface area contributed by atoms with Crippen LogP contribution in [-0.4, -0.2) is 36.3 Å². The number of carbonyl (C=O) groups is 1. The molecular formula is C18H18FN3OS. The summed E-state index contributed by atoms with van der Waals surface area (Å²) >= 11 is 1.65. The SMILES string of the molecule is CSCCN1C(=O)C(N)N=C(c2ccccc2F)c2ccccc21. The number of hydrogen-bond acceptors (Lipinski definition) is 4. The molecule has 3 rings (SSSR count). The Morgan fingerprint density at radius 2 is 1.83 bits per heavy atom. The van der Waals surface area contributed by atoms with Gasteiger partial charge in [-0.3, -0.25) is 9.79 Å². The number of amides is 1. The lowest BCUT2D eigenvalue weighted by molar-refractivity contribution is -0.119. The van der Waals surface area contributed by atoms with E-state index in [1.54, 1.807) is 34.9 Å². The molecule has 0 bridgehead atoms. The van der Waals surface area contributed by atoms with E-state index in [-0.39, 0.29) is 11.7 Å². The van der Waals surface area contributed by atoms with Gasteiger partial charge in [-0.15, -0.1) is 0 Å². The quantitative estimate of drug-likeness (QED) is 0.928. The minimum Gasteiger partial charge on any atom is -0.308 e. The van der Waals surface area contributed by atoms with Crippen LogP contribution in [0.5, 0.6) is 0 Å². The van der Waals surface area contributed by atoms with Crippen LogP contribution in [0.2, 0.25) is 0 Å². The molecule has 0 radical (unpaired) electrons. The zero-order valence-electron chi connectivity index (χ0n) is 13.3. The van der Waals surface area contributed by atoms with Crippen LogP contribution in [0.1, 0.15) is 11.1 Å².